The standard InChI is InChI=1S/C23H28ClN3O3/c1-25-15-20(23(29)30-2)19-8-5-17(21(19)22(25)28)14-27-11-9-26(10-12-27)13-16-3-6-18(24)7-4-16/h3-7,15,19,21H,8-14H2,1-2H3/t19-,21-/m1/s1. The van der Waals surface area contributed by atoms with E-state index in [1.54, 1.807) is 13.2 Å². The molecular formula is C23H28ClN3O3. The Hall–Kier alpha value is -2.15. The zero-order valence-electron chi connectivity index (χ0n) is 17.5. The predicted octanol–water partition coefficient (Wildman–Crippen LogP) is 2.55. The van der Waals surface area contributed by atoms with Crippen LogP contribution in [0.4, 0.5) is 0 Å². The lowest BCUT2D eigenvalue weighted by atomic mass is 9.82. The number of fused-ring (bicyclic) bond motifs is 1. The van der Waals surface area contributed by atoms with Gasteiger partial charge in [0, 0.05) is 63.5 Å². The second-order valence-electron chi connectivity index (χ2n) is 8.30. The summed E-state index contributed by atoms with van der Waals surface area (Å²) < 4.78 is 4.94. The first-order valence-corrected chi connectivity index (χ1v) is 10.8. The maximum Gasteiger partial charge on any atom is 0.335 e. The van der Waals surface area contributed by atoms with Gasteiger partial charge in [-0.15, -0.1) is 0 Å². The van der Waals surface area contributed by atoms with E-state index >= 15 is 0 Å². The van der Waals surface area contributed by atoms with Crippen LogP contribution in [0.1, 0.15) is 12.0 Å². The van der Waals surface area contributed by atoms with E-state index in [-0.39, 0.29) is 23.7 Å². The number of halogens is 1. The molecule has 160 valence electrons. The number of hydrogen-bond donors (Lipinski definition) is 0. The summed E-state index contributed by atoms with van der Waals surface area (Å²) in [5.74, 6) is -0.615. The zero-order chi connectivity index (χ0) is 21.3. The minimum atomic E-state index is -0.338. The average molecular weight is 430 g/mol. The number of nitrogens with zero attached hydrogens (tertiary/aromatic N) is 3. The van der Waals surface area contributed by atoms with Gasteiger partial charge in [0.05, 0.1) is 18.6 Å². The first-order chi connectivity index (χ1) is 14.5. The maximum atomic E-state index is 12.8. The molecule has 6 nitrogen and oxygen atoms in total. The molecule has 7 heteroatoms. The van der Waals surface area contributed by atoms with Crippen molar-refractivity contribution in [2.45, 2.75) is 13.0 Å². The van der Waals surface area contributed by atoms with E-state index in [2.05, 4.69) is 28.0 Å². The minimum Gasteiger partial charge on any atom is -0.466 e. The van der Waals surface area contributed by atoms with E-state index in [4.69, 9.17) is 16.3 Å². The van der Waals surface area contributed by atoms with Gasteiger partial charge in [-0.25, -0.2) is 4.79 Å². The molecule has 0 N–H and O–H groups in total. The van der Waals surface area contributed by atoms with Crippen LogP contribution in [0, 0.1) is 11.8 Å². The minimum absolute atomic E-state index is 0.0674. The van der Waals surface area contributed by atoms with E-state index < -0.39 is 0 Å². The highest BCUT2D eigenvalue weighted by molar-refractivity contribution is 6.30. The van der Waals surface area contributed by atoms with Crippen LogP contribution < -0.4 is 0 Å². The third-order valence-corrected chi connectivity index (χ3v) is 6.65. The summed E-state index contributed by atoms with van der Waals surface area (Å²) in [6, 6.07) is 8.03. The number of ether oxygens (including phenoxy) is 1. The fourth-order valence-electron chi connectivity index (χ4n) is 4.72. The molecule has 1 saturated heterocycles. The Balaban J connectivity index is 1.34. The molecule has 30 heavy (non-hydrogen) atoms. The lowest BCUT2D eigenvalue weighted by Crippen LogP contribution is -2.47. The van der Waals surface area contributed by atoms with E-state index in [1.807, 2.05) is 12.1 Å². The summed E-state index contributed by atoms with van der Waals surface area (Å²) in [5.41, 5.74) is 3.01. The van der Waals surface area contributed by atoms with Crippen molar-refractivity contribution in [2.24, 2.45) is 11.8 Å². The normalized spacial score (nSPS) is 25.0. The molecule has 4 rings (SSSR count). The molecule has 2 heterocycles. The summed E-state index contributed by atoms with van der Waals surface area (Å²) in [5, 5.41) is 0.764. The predicted molar refractivity (Wildman–Crippen MR) is 116 cm³/mol. The average Bonchev–Trinajstić information content (AvgIpc) is 3.17. The Kier molecular flexibility index (Phi) is 6.27. The van der Waals surface area contributed by atoms with Gasteiger partial charge < -0.3 is 9.64 Å². The summed E-state index contributed by atoms with van der Waals surface area (Å²) in [4.78, 5) is 31.4. The largest absolute Gasteiger partial charge is 0.466 e. The monoisotopic (exact) mass is 429 g/mol. The topological polar surface area (TPSA) is 53.1 Å². The number of benzene rings is 1. The van der Waals surface area contributed by atoms with E-state index in [1.165, 1.54) is 17.6 Å². The van der Waals surface area contributed by atoms with E-state index in [0.29, 0.717) is 5.57 Å². The summed E-state index contributed by atoms with van der Waals surface area (Å²) in [7, 11) is 3.11. The van der Waals surface area contributed by atoms with Gasteiger partial charge in [0.25, 0.3) is 0 Å². The van der Waals surface area contributed by atoms with Crippen LogP contribution in [0.15, 0.2) is 47.7 Å². The smallest absolute Gasteiger partial charge is 0.335 e. The fourth-order valence-corrected chi connectivity index (χ4v) is 4.85. The maximum absolute atomic E-state index is 12.8. The molecule has 0 spiro atoms. The molecule has 1 aromatic carbocycles. The van der Waals surface area contributed by atoms with Crippen LogP contribution >= 0.6 is 11.6 Å². The van der Waals surface area contributed by atoms with Gasteiger partial charge in [-0.2, -0.15) is 0 Å². The zero-order valence-corrected chi connectivity index (χ0v) is 18.3. The SMILES string of the molecule is COC(=O)C1=CN(C)C(=O)[C@@H]2C(CN3CCN(Cc4ccc(Cl)cc4)CC3)=CC[C@H]12. The quantitative estimate of drug-likeness (QED) is 0.532. The second-order valence-corrected chi connectivity index (χ2v) is 8.74. The molecule has 3 aliphatic rings. The Morgan fingerprint density at radius 3 is 2.37 bits per heavy atom. The first kappa shape index (κ1) is 21.1. The summed E-state index contributed by atoms with van der Waals surface area (Å²) in [6.45, 7) is 5.62. The van der Waals surface area contributed by atoms with Crippen molar-refractivity contribution in [2.75, 3.05) is 46.9 Å². The number of esters is 1. The van der Waals surface area contributed by atoms with Gasteiger partial charge in [-0.05, 0) is 29.7 Å². The van der Waals surface area contributed by atoms with Crippen molar-refractivity contribution in [3.05, 3.63) is 58.3 Å². The van der Waals surface area contributed by atoms with E-state index in [9.17, 15) is 9.59 Å². The summed E-state index contributed by atoms with van der Waals surface area (Å²) in [6.07, 6.45) is 4.52. The third kappa shape index (κ3) is 4.31. The molecule has 0 aromatic heterocycles. The van der Waals surface area contributed by atoms with Crippen molar-refractivity contribution < 1.29 is 14.3 Å². The highest BCUT2D eigenvalue weighted by atomic mass is 35.5. The molecule has 1 aliphatic carbocycles. The number of amides is 1. The van der Waals surface area contributed by atoms with Crippen LogP contribution in [0.25, 0.3) is 0 Å². The Morgan fingerprint density at radius 2 is 1.73 bits per heavy atom. The molecule has 1 amide bonds. The third-order valence-electron chi connectivity index (χ3n) is 6.39. The number of rotatable bonds is 5. The number of piperazine rings is 1. The second kappa shape index (κ2) is 8.92. The number of methoxy groups -OCH3 is 1. The number of hydrogen-bond acceptors (Lipinski definition) is 5. The van der Waals surface area contributed by atoms with Gasteiger partial charge in [0.1, 0.15) is 0 Å². The summed E-state index contributed by atoms with van der Waals surface area (Å²) >= 11 is 5.98. The van der Waals surface area contributed by atoms with Crippen LogP contribution in [-0.4, -0.2) is 73.5 Å². The Morgan fingerprint density at radius 1 is 1.10 bits per heavy atom. The first-order valence-electron chi connectivity index (χ1n) is 10.4. The number of allylic oxidation sites excluding steroid dienone is 1. The van der Waals surface area contributed by atoms with Gasteiger partial charge in [0.15, 0.2) is 0 Å². The molecule has 0 bridgehead atoms. The number of carbonyl (C=O) groups excluding carboxylic acids is 2. The van der Waals surface area contributed by atoms with Crippen molar-refractivity contribution in [1.29, 1.82) is 0 Å². The molecule has 2 aliphatic heterocycles. The van der Waals surface area contributed by atoms with Crippen LogP contribution in [0.3, 0.4) is 0 Å². The highest BCUT2D eigenvalue weighted by Crippen LogP contribution is 2.41. The van der Waals surface area contributed by atoms with Crippen molar-refractivity contribution in [1.82, 2.24) is 14.7 Å². The van der Waals surface area contributed by atoms with Gasteiger partial charge in [0.2, 0.25) is 5.91 Å². The van der Waals surface area contributed by atoms with Crippen molar-refractivity contribution >= 4 is 23.5 Å². The Bertz CT molecular complexity index is 872. The molecule has 2 atom stereocenters. The van der Waals surface area contributed by atoms with E-state index in [0.717, 1.165) is 56.3 Å². The van der Waals surface area contributed by atoms with Gasteiger partial charge in [-0.1, -0.05) is 29.8 Å². The fraction of sp³-hybridized carbons (Fsp3) is 0.478. The highest BCUT2D eigenvalue weighted by Gasteiger charge is 2.44. The molecular weight excluding hydrogens is 402 g/mol. The van der Waals surface area contributed by atoms with Crippen LogP contribution in [0.2, 0.25) is 5.02 Å². The lowest BCUT2D eigenvalue weighted by molar-refractivity contribution is -0.138. The molecule has 0 radical (unpaired) electrons. The Labute approximate surface area is 182 Å². The molecule has 1 fully saturated rings. The van der Waals surface area contributed by atoms with Crippen molar-refractivity contribution in [3.8, 4) is 0 Å². The molecule has 0 saturated carbocycles. The van der Waals surface area contributed by atoms with Crippen LogP contribution in [0.5, 0.6) is 0 Å². The van der Waals surface area contributed by atoms with Crippen LogP contribution in [-0.2, 0) is 20.9 Å². The molecule has 0 unspecified atom stereocenters. The molecule has 1 aromatic rings. The number of carbonyl (C=O) groups is 2. The van der Waals surface area contributed by atoms with Crippen molar-refractivity contribution in [3.63, 3.8) is 0 Å². The lowest BCUT2D eigenvalue weighted by Gasteiger charge is -2.37. The van der Waals surface area contributed by atoms with Gasteiger partial charge >= 0.3 is 5.97 Å². The van der Waals surface area contributed by atoms with Gasteiger partial charge in [-0.3, -0.25) is 14.6 Å².